The third-order valence-corrected chi connectivity index (χ3v) is 4.56. The predicted molar refractivity (Wildman–Crippen MR) is 100 cm³/mol. The third kappa shape index (κ3) is 3.51. The molecule has 1 aromatic heterocycles. The number of esters is 1. The van der Waals surface area contributed by atoms with Crippen LogP contribution < -0.4 is 10.6 Å². The van der Waals surface area contributed by atoms with Gasteiger partial charge in [-0.2, -0.15) is 0 Å². The van der Waals surface area contributed by atoms with Crippen LogP contribution in [0.15, 0.2) is 46.0 Å². The molecule has 0 aliphatic carbocycles. The fraction of sp³-hybridized carbons (Fsp3) is 0.176. The number of carbonyl (C=O) groups excluding carboxylic acids is 1. The Morgan fingerprint density at radius 1 is 1.28 bits per heavy atom. The molecule has 2 N–H and O–H groups in total. The van der Waals surface area contributed by atoms with E-state index in [1.807, 2.05) is 0 Å². The fourth-order valence-corrected chi connectivity index (χ4v) is 3.28. The van der Waals surface area contributed by atoms with Crippen LogP contribution in [0.25, 0.3) is 11.3 Å². The summed E-state index contributed by atoms with van der Waals surface area (Å²) in [4.78, 5) is 12.2. The van der Waals surface area contributed by atoms with E-state index < -0.39 is 12.0 Å². The van der Waals surface area contributed by atoms with Gasteiger partial charge in [-0.15, -0.1) is 0 Å². The Morgan fingerprint density at radius 3 is 2.76 bits per heavy atom. The first kappa shape index (κ1) is 17.8. The lowest BCUT2D eigenvalue weighted by Gasteiger charge is -2.27. The standard InChI is InChI=1S/C17H14Cl2N2O3S/c1-8-14(16(22)23-2)15(21-17(25)20-8)13-6-5-12(24-13)10-7-9(18)3-4-11(10)19/h3-7,15H,1-2H3,(H2,20,21,25)/t15-/m0/s1. The highest BCUT2D eigenvalue weighted by Crippen LogP contribution is 2.35. The van der Waals surface area contributed by atoms with Crippen molar-refractivity contribution < 1.29 is 13.9 Å². The van der Waals surface area contributed by atoms with Gasteiger partial charge in [0.2, 0.25) is 0 Å². The number of benzene rings is 1. The van der Waals surface area contributed by atoms with Crippen LogP contribution in [0.2, 0.25) is 10.0 Å². The summed E-state index contributed by atoms with van der Waals surface area (Å²) >= 11 is 17.4. The van der Waals surface area contributed by atoms with E-state index in [1.165, 1.54) is 7.11 Å². The Hall–Kier alpha value is -2.02. The van der Waals surface area contributed by atoms with Gasteiger partial charge in [0.25, 0.3) is 0 Å². The molecule has 1 aromatic carbocycles. The van der Waals surface area contributed by atoms with Gasteiger partial charge < -0.3 is 19.8 Å². The molecule has 0 amide bonds. The zero-order valence-electron chi connectivity index (χ0n) is 13.4. The topological polar surface area (TPSA) is 63.5 Å². The van der Waals surface area contributed by atoms with E-state index in [0.717, 1.165) is 0 Å². The number of ether oxygens (including phenoxy) is 1. The molecule has 1 atom stereocenters. The number of hydrogen-bond donors (Lipinski definition) is 2. The van der Waals surface area contributed by atoms with Gasteiger partial charge in [0, 0.05) is 16.3 Å². The average Bonchev–Trinajstić information content (AvgIpc) is 3.05. The predicted octanol–water partition coefficient (Wildman–Crippen LogP) is 4.22. The molecule has 8 heteroatoms. The van der Waals surface area contributed by atoms with Gasteiger partial charge in [0.05, 0.1) is 17.7 Å². The van der Waals surface area contributed by atoms with Crippen LogP contribution in [0.1, 0.15) is 18.7 Å². The van der Waals surface area contributed by atoms with E-state index in [4.69, 9.17) is 44.6 Å². The lowest BCUT2D eigenvalue weighted by Crippen LogP contribution is -2.44. The van der Waals surface area contributed by atoms with Crippen LogP contribution >= 0.6 is 35.4 Å². The Bertz CT molecular complexity index is 892. The van der Waals surface area contributed by atoms with Crippen molar-refractivity contribution in [1.82, 2.24) is 10.6 Å². The summed E-state index contributed by atoms with van der Waals surface area (Å²) in [5.74, 6) is 0.578. The van der Waals surface area contributed by atoms with E-state index in [0.29, 0.717) is 43.5 Å². The van der Waals surface area contributed by atoms with Gasteiger partial charge in [0.15, 0.2) is 5.11 Å². The molecule has 2 heterocycles. The molecule has 1 aliphatic rings. The number of halogens is 2. The first-order valence-corrected chi connectivity index (χ1v) is 8.49. The van der Waals surface area contributed by atoms with E-state index in [1.54, 1.807) is 37.3 Å². The number of nitrogens with one attached hydrogen (secondary N) is 2. The van der Waals surface area contributed by atoms with Crippen LogP contribution in [0.3, 0.4) is 0 Å². The minimum Gasteiger partial charge on any atom is -0.466 e. The molecular weight excluding hydrogens is 383 g/mol. The van der Waals surface area contributed by atoms with Crippen molar-refractivity contribution in [3.63, 3.8) is 0 Å². The van der Waals surface area contributed by atoms with E-state index in [-0.39, 0.29) is 0 Å². The maximum atomic E-state index is 12.2. The quantitative estimate of drug-likeness (QED) is 0.598. The molecule has 0 fully saturated rings. The minimum absolute atomic E-state index is 0.397. The number of allylic oxidation sites excluding steroid dienone is 1. The van der Waals surface area contributed by atoms with E-state index >= 15 is 0 Å². The van der Waals surface area contributed by atoms with Crippen molar-refractivity contribution in [2.75, 3.05) is 7.11 Å². The SMILES string of the molecule is COC(=O)C1=C(C)NC(=S)N[C@H]1c1ccc(-c2cc(Cl)ccc2Cl)o1. The lowest BCUT2D eigenvalue weighted by molar-refractivity contribution is -0.136. The summed E-state index contributed by atoms with van der Waals surface area (Å²) in [6.07, 6.45) is 0. The maximum absolute atomic E-state index is 12.2. The second-order valence-electron chi connectivity index (χ2n) is 5.39. The molecule has 0 bridgehead atoms. The number of rotatable bonds is 3. The molecule has 130 valence electrons. The molecule has 5 nitrogen and oxygen atoms in total. The molecular formula is C17H14Cl2N2O3S. The van der Waals surface area contributed by atoms with Crippen LogP contribution in [0.4, 0.5) is 0 Å². The van der Waals surface area contributed by atoms with Gasteiger partial charge in [-0.1, -0.05) is 23.2 Å². The maximum Gasteiger partial charge on any atom is 0.338 e. The van der Waals surface area contributed by atoms with Crippen LogP contribution in [-0.4, -0.2) is 18.2 Å². The van der Waals surface area contributed by atoms with Crippen molar-refractivity contribution in [3.05, 3.63) is 57.4 Å². The van der Waals surface area contributed by atoms with E-state index in [9.17, 15) is 4.79 Å². The average molecular weight is 397 g/mol. The van der Waals surface area contributed by atoms with Crippen LogP contribution in [0.5, 0.6) is 0 Å². The van der Waals surface area contributed by atoms with Crippen LogP contribution in [0, 0.1) is 0 Å². The largest absolute Gasteiger partial charge is 0.466 e. The van der Waals surface area contributed by atoms with Crippen molar-refractivity contribution in [2.24, 2.45) is 0 Å². The first-order valence-electron chi connectivity index (χ1n) is 7.32. The number of carbonyl (C=O) groups is 1. The second kappa shape index (κ2) is 7.07. The molecule has 2 aromatic rings. The molecule has 0 saturated heterocycles. The van der Waals surface area contributed by atoms with Crippen molar-refractivity contribution in [2.45, 2.75) is 13.0 Å². The summed E-state index contributed by atoms with van der Waals surface area (Å²) < 4.78 is 10.8. The Morgan fingerprint density at radius 2 is 2.04 bits per heavy atom. The van der Waals surface area contributed by atoms with Gasteiger partial charge in [-0.05, 0) is 49.5 Å². The summed E-state index contributed by atoms with van der Waals surface area (Å²) in [5, 5.41) is 7.40. The van der Waals surface area contributed by atoms with Crippen molar-refractivity contribution in [1.29, 1.82) is 0 Å². The van der Waals surface area contributed by atoms with Gasteiger partial charge in [-0.3, -0.25) is 0 Å². The van der Waals surface area contributed by atoms with Gasteiger partial charge in [0.1, 0.15) is 17.6 Å². The molecule has 3 rings (SSSR count). The Kier molecular flexibility index (Phi) is 5.03. The zero-order valence-corrected chi connectivity index (χ0v) is 15.7. The van der Waals surface area contributed by atoms with Crippen molar-refractivity contribution >= 4 is 46.5 Å². The summed E-state index contributed by atoms with van der Waals surface area (Å²) in [6, 6.07) is 8.08. The number of thiocarbonyl (C=S) groups is 1. The zero-order chi connectivity index (χ0) is 18.1. The van der Waals surface area contributed by atoms with Crippen molar-refractivity contribution in [3.8, 4) is 11.3 Å². The highest BCUT2D eigenvalue weighted by Gasteiger charge is 2.32. The molecule has 0 spiro atoms. The highest BCUT2D eigenvalue weighted by atomic mass is 35.5. The monoisotopic (exact) mass is 396 g/mol. The fourth-order valence-electron chi connectivity index (χ4n) is 2.63. The molecule has 0 saturated carbocycles. The molecule has 25 heavy (non-hydrogen) atoms. The second-order valence-corrected chi connectivity index (χ2v) is 6.64. The van der Waals surface area contributed by atoms with Gasteiger partial charge >= 0.3 is 5.97 Å². The number of furan rings is 1. The highest BCUT2D eigenvalue weighted by molar-refractivity contribution is 7.80. The summed E-state index contributed by atoms with van der Waals surface area (Å²) in [7, 11) is 1.33. The summed E-state index contributed by atoms with van der Waals surface area (Å²) in [5.41, 5.74) is 1.67. The molecule has 0 radical (unpaired) electrons. The summed E-state index contributed by atoms with van der Waals surface area (Å²) in [6.45, 7) is 1.75. The van der Waals surface area contributed by atoms with E-state index in [2.05, 4.69) is 10.6 Å². The molecule has 0 unspecified atom stereocenters. The van der Waals surface area contributed by atoms with Gasteiger partial charge in [-0.25, -0.2) is 4.79 Å². The number of hydrogen-bond acceptors (Lipinski definition) is 4. The Balaban J connectivity index is 2.03. The van der Waals surface area contributed by atoms with Crippen LogP contribution in [-0.2, 0) is 9.53 Å². The lowest BCUT2D eigenvalue weighted by atomic mass is 10.0. The molecule has 1 aliphatic heterocycles. The first-order chi connectivity index (χ1) is 11.9. The third-order valence-electron chi connectivity index (χ3n) is 3.78. The number of methoxy groups -OCH3 is 1. The minimum atomic E-state index is -0.562. The smallest absolute Gasteiger partial charge is 0.338 e. The normalized spacial score (nSPS) is 17.1. The Labute approximate surface area is 159 Å².